The molecule has 2 heterocycles. The summed E-state index contributed by atoms with van der Waals surface area (Å²) in [5.74, 6) is 1.32. The van der Waals surface area contributed by atoms with Crippen LogP contribution in [-0.2, 0) is 18.4 Å². The van der Waals surface area contributed by atoms with Crippen molar-refractivity contribution in [3.8, 4) is 0 Å². The van der Waals surface area contributed by atoms with Gasteiger partial charge in [0.05, 0.1) is 6.20 Å². The van der Waals surface area contributed by atoms with Gasteiger partial charge >= 0.3 is 0 Å². The van der Waals surface area contributed by atoms with Gasteiger partial charge in [0.15, 0.2) is 0 Å². The molecule has 4 heteroatoms. The number of aromatic nitrogens is 2. The number of amides is 1. The average Bonchev–Trinajstić information content (AvgIpc) is 3.30. The molecule has 4 nitrogen and oxygen atoms in total. The lowest BCUT2D eigenvalue weighted by atomic mass is 9.86. The molecule has 25 heavy (non-hydrogen) atoms. The van der Waals surface area contributed by atoms with Crippen molar-refractivity contribution in [2.75, 3.05) is 6.54 Å². The second-order valence-corrected chi connectivity index (χ2v) is 7.66. The fourth-order valence-corrected chi connectivity index (χ4v) is 4.49. The van der Waals surface area contributed by atoms with E-state index in [0.29, 0.717) is 12.3 Å². The van der Waals surface area contributed by atoms with Crippen molar-refractivity contribution in [2.24, 2.45) is 13.0 Å². The van der Waals surface area contributed by atoms with Crippen LogP contribution in [-0.4, -0.2) is 27.1 Å². The molecule has 2 aliphatic rings. The molecule has 0 bridgehead atoms. The summed E-state index contributed by atoms with van der Waals surface area (Å²) in [5, 5.41) is 4.34. The number of hydrogen-bond donors (Lipinski definition) is 0. The van der Waals surface area contributed by atoms with Gasteiger partial charge < -0.3 is 4.90 Å². The number of carbonyl (C=O) groups excluding carboxylic acids is 1. The van der Waals surface area contributed by atoms with E-state index < -0.39 is 0 Å². The van der Waals surface area contributed by atoms with Gasteiger partial charge in [-0.25, -0.2) is 0 Å². The highest BCUT2D eigenvalue weighted by atomic mass is 16.2. The molecule has 2 aromatic rings. The van der Waals surface area contributed by atoms with E-state index in [1.165, 1.54) is 42.4 Å². The van der Waals surface area contributed by atoms with Crippen molar-refractivity contribution >= 4 is 5.91 Å². The van der Waals surface area contributed by atoms with E-state index in [4.69, 9.17) is 0 Å². The van der Waals surface area contributed by atoms with Crippen LogP contribution in [0.4, 0.5) is 0 Å². The quantitative estimate of drug-likeness (QED) is 0.849. The van der Waals surface area contributed by atoms with E-state index in [0.717, 1.165) is 25.4 Å². The predicted octanol–water partition coefficient (Wildman–Crippen LogP) is 3.86. The molecule has 1 aliphatic heterocycles. The summed E-state index contributed by atoms with van der Waals surface area (Å²) >= 11 is 0. The van der Waals surface area contributed by atoms with Crippen LogP contribution in [0.5, 0.6) is 0 Å². The van der Waals surface area contributed by atoms with Crippen LogP contribution in [0, 0.1) is 5.92 Å². The molecule has 1 amide bonds. The van der Waals surface area contributed by atoms with Gasteiger partial charge in [0.1, 0.15) is 0 Å². The topological polar surface area (TPSA) is 38.1 Å². The Balaban J connectivity index is 1.51. The molecule has 0 spiro atoms. The van der Waals surface area contributed by atoms with Gasteiger partial charge in [0, 0.05) is 38.7 Å². The van der Waals surface area contributed by atoms with Crippen molar-refractivity contribution < 1.29 is 4.79 Å². The summed E-state index contributed by atoms with van der Waals surface area (Å²) in [7, 11) is 1.95. The van der Waals surface area contributed by atoms with Crippen molar-refractivity contribution in [3.63, 3.8) is 0 Å². The van der Waals surface area contributed by atoms with Crippen LogP contribution in [0.25, 0.3) is 0 Å². The molecule has 132 valence electrons. The van der Waals surface area contributed by atoms with Crippen LogP contribution in [0.2, 0.25) is 0 Å². The van der Waals surface area contributed by atoms with Gasteiger partial charge in [-0.2, -0.15) is 5.10 Å². The lowest BCUT2D eigenvalue weighted by Gasteiger charge is -2.34. The maximum absolute atomic E-state index is 12.9. The fraction of sp³-hybridized carbons (Fsp3) is 0.524. The van der Waals surface area contributed by atoms with Crippen LogP contribution >= 0.6 is 0 Å². The smallest absolute Gasteiger partial charge is 0.222 e. The molecular formula is C21H27N3O. The summed E-state index contributed by atoms with van der Waals surface area (Å²) in [6.45, 7) is 1.52. The third-order valence-electron chi connectivity index (χ3n) is 5.92. The lowest BCUT2D eigenvalue weighted by molar-refractivity contribution is -0.132. The molecule has 1 unspecified atom stereocenters. The molecular weight excluding hydrogens is 310 g/mol. The number of hydrogen-bond acceptors (Lipinski definition) is 2. The molecule has 1 saturated carbocycles. The first-order valence-electron chi connectivity index (χ1n) is 9.55. The molecule has 0 saturated heterocycles. The first-order chi connectivity index (χ1) is 12.2. The van der Waals surface area contributed by atoms with E-state index >= 15 is 0 Å². The van der Waals surface area contributed by atoms with Crippen LogP contribution in [0.15, 0.2) is 36.7 Å². The van der Waals surface area contributed by atoms with E-state index in [-0.39, 0.29) is 5.92 Å². The maximum Gasteiger partial charge on any atom is 0.222 e. The molecule has 1 atom stereocenters. The molecule has 1 aromatic carbocycles. The third kappa shape index (κ3) is 3.48. The molecule has 1 aromatic heterocycles. The van der Waals surface area contributed by atoms with Gasteiger partial charge in [0.25, 0.3) is 0 Å². The second kappa shape index (κ2) is 7.03. The first-order valence-corrected chi connectivity index (χ1v) is 9.55. The number of aryl methyl sites for hydroxylation is 1. The zero-order valence-corrected chi connectivity index (χ0v) is 15.0. The van der Waals surface area contributed by atoms with Crippen LogP contribution < -0.4 is 0 Å². The number of rotatable bonds is 4. The lowest BCUT2D eigenvalue weighted by Crippen LogP contribution is -2.38. The van der Waals surface area contributed by atoms with Gasteiger partial charge in [-0.1, -0.05) is 49.9 Å². The fourth-order valence-electron chi connectivity index (χ4n) is 4.49. The summed E-state index contributed by atoms with van der Waals surface area (Å²) in [6, 6.07) is 8.54. The normalized spacial score (nSPS) is 20.7. The van der Waals surface area contributed by atoms with Crippen LogP contribution in [0.1, 0.15) is 61.1 Å². The van der Waals surface area contributed by atoms with Gasteiger partial charge in [0.2, 0.25) is 5.91 Å². The minimum atomic E-state index is 0.231. The molecule has 0 N–H and O–H groups in total. The summed E-state index contributed by atoms with van der Waals surface area (Å²) < 4.78 is 1.85. The van der Waals surface area contributed by atoms with Crippen molar-refractivity contribution in [2.45, 2.75) is 51.0 Å². The summed E-state index contributed by atoms with van der Waals surface area (Å²) in [6.07, 6.45) is 11.1. The minimum Gasteiger partial charge on any atom is -0.337 e. The number of benzene rings is 1. The zero-order chi connectivity index (χ0) is 17.2. The number of carbonyl (C=O) groups is 1. The number of fused-ring (bicyclic) bond motifs is 1. The third-order valence-corrected chi connectivity index (χ3v) is 5.92. The maximum atomic E-state index is 12.9. The Kier molecular flexibility index (Phi) is 4.60. The largest absolute Gasteiger partial charge is 0.337 e. The van der Waals surface area contributed by atoms with Crippen molar-refractivity contribution in [1.82, 2.24) is 14.7 Å². The Labute approximate surface area is 149 Å². The summed E-state index contributed by atoms with van der Waals surface area (Å²) in [4.78, 5) is 14.9. The van der Waals surface area contributed by atoms with E-state index in [2.05, 4.69) is 40.5 Å². The Hall–Kier alpha value is -2.10. The monoisotopic (exact) mass is 337 g/mol. The Morgan fingerprint density at radius 2 is 2.04 bits per heavy atom. The zero-order valence-electron chi connectivity index (χ0n) is 15.0. The second-order valence-electron chi connectivity index (χ2n) is 7.66. The molecule has 1 aliphatic carbocycles. The van der Waals surface area contributed by atoms with Gasteiger partial charge in [-0.15, -0.1) is 0 Å². The van der Waals surface area contributed by atoms with Crippen LogP contribution in [0.3, 0.4) is 0 Å². The van der Waals surface area contributed by atoms with Gasteiger partial charge in [-0.3, -0.25) is 9.48 Å². The highest BCUT2D eigenvalue weighted by Crippen LogP contribution is 2.34. The summed E-state index contributed by atoms with van der Waals surface area (Å²) in [5.41, 5.74) is 3.82. The SMILES string of the molecule is Cn1cc(C2CN(C(=O)CCC3CCCC3)Cc3ccccc32)cn1. The van der Waals surface area contributed by atoms with E-state index in [9.17, 15) is 4.79 Å². The van der Waals surface area contributed by atoms with Crippen molar-refractivity contribution in [1.29, 1.82) is 0 Å². The van der Waals surface area contributed by atoms with E-state index in [1.807, 2.05) is 17.9 Å². The number of nitrogens with zero attached hydrogens (tertiary/aromatic N) is 3. The molecule has 0 radical (unpaired) electrons. The molecule has 4 rings (SSSR count). The minimum absolute atomic E-state index is 0.231. The van der Waals surface area contributed by atoms with E-state index in [1.54, 1.807) is 0 Å². The average molecular weight is 337 g/mol. The van der Waals surface area contributed by atoms with Gasteiger partial charge in [-0.05, 0) is 29.0 Å². The Morgan fingerprint density at radius 3 is 2.80 bits per heavy atom. The highest BCUT2D eigenvalue weighted by molar-refractivity contribution is 5.76. The Bertz CT molecular complexity index is 745. The molecule has 1 fully saturated rings. The predicted molar refractivity (Wildman–Crippen MR) is 98.1 cm³/mol. The first kappa shape index (κ1) is 16.4. The highest BCUT2D eigenvalue weighted by Gasteiger charge is 2.30. The standard InChI is InChI=1S/C21H27N3O/c1-23-13-18(12-22-23)20-15-24(14-17-8-4-5-9-19(17)20)21(25)11-10-16-6-2-3-7-16/h4-5,8-9,12-13,16,20H,2-3,6-7,10-11,14-15H2,1H3. The Morgan fingerprint density at radius 1 is 1.24 bits per heavy atom. The van der Waals surface area contributed by atoms with Crippen molar-refractivity contribution in [3.05, 3.63) is 53.3 Å².